The summed E-state index contributed by atoms with van der Waals surface area (Å²) >= 11 is 3.24. The summed E-state index contributed by atoms with van der Waals surface area (Å²) in [6.07, 6.45) is 2.08. The van der Waals surface area contributed by atoms with Crippen molar-refractivity contribution in [2.45, 2.75) is 24.2 Å². The zero-order valence-corrected chi connectivity index (χ0v) is 14.3. The van der Waals surface area contributed by atoms with Gasteiger partial charge in [-0.1, -0.05) is 12.1 Å². The summed E-state index contributed by atoms with van der Waals surface area (Å²) in [5.74, 6) is 0.605. The van der Waals surface area contributed by atoms with Gasteiger partial charge in [0.2, 0.25) is 11.8 Å². The Kier molecular flexibility index (Phi) is 5.35. The average molecular weight is 346 g/mol. The van der Waals surface area contributed by atoms with E-state index in [0.717, 1.165) is 29.0 Å². The van der Waals surface area contributed by atoms with E-state index in [-0.39, 0.29) is 11.8 Å². The number of aryl methyl sites for hydroxylation is 1. The van der Waals surface area contributed by atoms with Gasteiger partial charge in [0.1, 0.15) is 0 Å². The summed E-state index contributed by atoms with van der Waals surface area (Å²) < 4.78 is 0. The average Bonchev–Trinajstić information content (AvgIpc) is 3.06. The fourth-order valence-electron chi connectivity index (χ4n) is 2.41. The second kappa shape index (κ2) is 7.66. The first-order chi connectivity index (χ1) is 11.2. The first kappa shape index (κ1) is 16.1. The van der Waals surface area contributed by atoms with Gasteiger partial charge in [-0.05, 0) is 42.0 Å². The zero-order valence-electron chi connectivity index (χ0n) is 12.6. The van der Waals surface area contributed by atoms with Gasteiger partial charge in [-0.2, -0.15) is 0 Å². The highest BCUT2D eigenvalue weighted by molar-refractivity contribution is 8.00. The molecule has 0 aliphatic carbocycles. The Balaban J connectivity index is 1.44. The molecule has 2 heterocycles. The van der Waals surface area contributed by atoms with Gasteiger partial charge in [-0.3, -0.25) is 9.59 Å². The van der Waals surface area contributed by atoms with Crippen LogP contribution in [0.25, 0.3) is 0 Å². The number of carbonyl (C=O) groups excluding carboxylic acids is 2. The number of hydrogen-bond donors (Lipinski definition) is 2. The van der Waals surface area contributed by atoms with E-state index in [2.05, 4.69) is 22.8 Å². The van der Waals surface area contributed by atoms with Crippen molar-refractivity contribution in [3.8, 4) is 0 Å². The quantitative estimate of drug-likeness (QED) is 0.845. The molecule has 1 aromatic heterocycles. The standard InChI is InChI=1S/C17H18N2O2S2/c20-16(6-4-13-2-1-9-22-13)18-8-7-12-3-5-15-14(10-12)19-17(21)11-23-15/h1-3,5,9-10H,4,6-8,11H2,(H,18,20)(H,19,21). The molecule has 6 heteroatoms. The van der Waals surface area contributed by atoms with E-state index in [4.69, 9.17) is 0 Å². The molecule has 120 valence electrons. The molecule has 3 rings (SSSR count). The number of anilines is 1. The van der Waals surface area contributed by atoms with Gasteiger partial charge in [-0.15, -0.1) is 23.1 Å². The van der Waals surface area contributed by atoms with E-state index in [0.29, 0.717) is 18.7 Å². The number of carbonyl (C=O) groups is 2. The van der Waals surface area contributed by atoms with Crippen LogP contribution in [0.15, 0.2) is 40.6 Å². The number of benzene rings is 1. The predicted molar refractivity (Wildman–Crippen MR) is 95.1 cm³/mol. The minimum absolute atomic E-state index is 0.0431. The number of hydrogen-bond acceptors (Lipinski definition) is 4. The second-order valence-corrected chi connectivity index (χ2v) is 7.40. The van der Waals surface area contributed by atoms with Crippen molar-refractivity contribution < 1.29 is 9.59 Å². The lowest BCUT2D eigenvalue weighted by Gasteiger charge is -2.17. The zero-order chi connectivity index (χ0) is 16.1. The van der Waals surface area contributed by atoms with Crippen LogP contribution in [0.3, 0.4) is 0 Å². The maximum Gasteiger partial charge on any atom is 0.234 e. The lowest BCUT2D eigenvalue weighted by Crippen LogP contribution is -2.26. The Morgan fingerprint density at radius 3 is 3.00 bits per heavy atom. The molecule has 1 aliphatic rings. The van der Waals surface area contributed by atoms with E-state index in [1.165, 1.54) is 4.88 Å². The fraction of sp³-hybridized carbons (Fsp3) is 0.294. The molecule has 0 saturated heterocycles. The number of thioether (sulfide) groups is 1. The highest BCUT2D eigenvalue weighted by Gasteiger charge is 2.15. The third kappa shape index (κ3) is 4.59. The van der Waals surface area contributed by atoms with Crippen LogP contribution in [0, 0.1) is 0 Å². The van der Waals surface area contributed by atoms with Crippen LogP contribution < -0.4 is 10.6 Å². The molecule has 23 heavy (non-hydrogen) atoms. The largest absolute Gasteiger partial charge is 0.356 e. The Morgan fingerprint density at radius 2 is 2.17 bits per heavy atom. The lowest BCUT2D eigenvalue weighted by atomic mass is 10.1. The summed E-state index contributed by atoms with van der Waals surface area (Å²) in [5, 5.41) is 7.87. The Labute approximate surface area is 143 Å². The fourth-order valence-corrected chi connectivity index (χ4v) is 3.91. The molecular weight excluding hydrogens is 328 g/mol. The van der Waals surface area contributed by atoms with Gasteiger partial charge in [0, 0.05) is 22.7 Å². The first-order valence-electron chi connectivity index (χ1n) is 7.55. The summed E-state index contributed by atoms with van der Waals surface area (Å²) in [6, 6.07) is 10.1. The molecule has 1 aromatic carbocycles. The van der Waals surface area contributed by atoms with Gasteiger partial charge in [0.15, 0.2) is 0 Å². The monoisotopic (exact) mass is 346 g/mol. The molecule has 4 nitrogen and oxygen atoms in total. The molecule has 1 aliphatic heterocycles. The Bertz CT molecular complexity index is 699. The van der Waals surface area contributed by atoms with Crippen LogP contribution in [-0.2, 0) is 22.4 Å². The van der Waals surface area contributed by atoms with Gasteiger partial charge in [0.25, 0.3) is 0 Å². The number of fused-ring (bicyclic) bond motifs is 1. The van der Waals surface area contributed by atoms with Gasteiger partial charge < -0.3 is 10.6 Å². The molecule has 0 radical (unpaired) electrons. The maximum absolute atomic E-state index is 11.8. The Morgan fingerprint density at radius 1 is 1.26 bits per heavy atom. The minimum Gasteiger partial charge on any atom is -0.356 e. The maximum atomic E-state index is 11.8. The molecule has 2 aromatic rings. The van der Waals surface area contributed by atoms with Crippen LogP contribution in [0.1, 0.15) is 16.9 Å². The lowest BCUT2D eigenvalue weighted by molar-refractivity contribution is -0.121. The molecule has 2 N–H and O–H groups in total. The summed E-state index contributed by atoms with van der Waals surface area (Å²) in [4.78, 5) is 25.6. The highest BCUT2D eigenvalue weighted by atomic mass is 32.2. The van der Waals surface area contributed by atoms with Crippen LogP contribution in [0.2, 0.25) is 0 Å². The molecule has 0 unspecified atom stereocenters. The van der Waals surface area contributed by atoms with Gasteiger partial charge in [-0.25, -0.2) is 0 Å². The van der Waals surface area contributed by atoms with Crippen molar-refractivity contribution >= 4 is 40.6 Å². The van der Waals surface area contributed by atoms with E-state index in [1.54, 1.807) is 23.1 Å². The number of thiophene rings is 1. The van der Waals surface area contributed by atoms with E-state index < -0.39 is 0 Å². The molecule has 0 bridgehead atoms. The minimum atomic E-state index is 0.0431. The second-order valence-electron chi connectivity index (χ2n) is 5.35. The van der Waals surface area contributed by atoms with Crippen molar-refractivity contribution in [1.82, 2.24) is 5.32 Å². The van der Waals surface area contributed by atoms with Crippen LogP contribution in [-0.4, -0.2) is 24.1 Å². The summed E-state index contributed by atoms with van der Waals surface area (Å²) in [6.45, 7) is 0.614. The van der Waals surface area contributed by atoms with Crippen LogP contribution >= 0.6 is 23.1 Å². The normalized spacial score (nSPS) is 13.3. The van der Waals surface area contributed by atoms with Crippen LogP contribution in [0.4, 0.5) is 5.69 Å². The summed E-state index contributed by atoms with van der Waals surface area (Å²) in [5.41, 5.74) is 2.00. The highest BCUT2D eigenvalue weighted by Crippen LogP contribution is 2.31. The summed E-state index contributed by atoms with van der Waals surface area (Å²) in [7, 11) is 0. The molecule has 0 atom stereocenters. The first-order valence-corrected chi connectivity index (χ1v) is 9.42. The van der Waals surface area contributed by atoms with E-state index in [1.807, 2.05) is 23.6 Å². The van der Waals surface area contributed by atoms with Crippen molar-refractivity contribution in [2.75, 3.05) is 17.6 Å². The third-order valence-corrected chi connectivity index (χ3v) is 5.60. The number of rotatable bonds is 6. The van der Waals surface area contributed by atoms with Crippen LogP contribution in [0.5, 0.6) is 0 Å². The van der Waals surface area contributed by atoms with E-state index >= 15 is 0 Å². The van der Waals surface area contributed by atoms with Gasteiger partial charge in [0.05, 0.1) is 11.4 Å². The molecule has 0 saturated carbocycles. The molecular formula is C17H18N2O2S2. The number of nitrogens with one attached hydrogen (secondary N) is 2. The number of amides is 2. The van der Waals surface area contributed by atoms with Crippen molar-refractivity contribution in [3.05, 3.63) is 46.2 Å². The van der Waals surface area contributed by atoms with Gasteiger partial charge >= 0.3 is 0 Å². The van der Waals surface area contributed by atoms with Crippen molar-refractivity contribution in [3.63, 3.8) is 0 Å². The molecule has 0 spiro atoms. The van der Waals surface area contributed by atoms with E-state index in [9.17, 15) is 9.59 Å². The SMILES string of the molecule is O=C(CCc1cccs1)NCCc1ccc2c(c1)NC(=O)CS2. The third-order valence-electron chi connectivity index (χ3n) is 3.59. The Hall–Kier alpha value is -1.79. The van der Waals surface area contributed by atoms with Crippen molar-refractivity contribution in [1.29, 1.82) is 0 Å². The molecule has 0 fully saturated rings. The predicted octanol–water partition coefficient (Wildman–Crippen LogP) is 3.08. The molecule has 2 amide bonds. The topological polar surface area (TPSA) is 58.2 Å². The van der Waals surface area contributed by atoms with Crippen molar-refractivity contribution in [2.24, 2.45) is 0 Å². The smallest absolute Gasteiger partial charge is 0.234 e.